The molecule has 0 atom stereocenters. The van der Waals surface area contributed by atoms with E-state index in [0.29, 0.717) is 12.1 Å². The van der Waals surface area contributed by atoms with Gasteiger partial charge in [0, 0.05) is 36.6 Å². The lowest BCUT2D eigenvalue weighted by molar-refractivity contribution is 0.603. The summed E-state index contributed by atoms with van der Waals surface area (Å²) < 4.78 is 15.3. The first-order valence-electron chi connectivity index (χ1n) is 4.86. The van der Waals surface area contributed by atoms with Gasteiger partial charge in [0.1, 0.15) is 0 Å². The fourth-order valence-corrected chi connectivity index (χ4v) is 1.47. The number of aromatic nitrogens is 1. The summed E-state index contributed by atoms with van der Waals surface area (Å²) in [7, 11) is 0. The third-order valence-corrected chi connectivity index (χ3v) is 2.32. The fourth-order valence-electron chi connectivity index (χ4n) is 1.47. The van der Waals surface area contributed by atoms with Crippen molar-refractivity contribution in [1.82, 2.24) is 4.57 Å². The Hall–Kier alpha value is -2.10. The Kier molecular flexibility index (Phi) is 2.72. The van der Waals surface area contributed by atoms with E-state index in [9.17, 15) is 9.18 Å². The predicted octanol–water partition coefficient (Wildman–Crippen LogP) is 1.62. The second-order valence-electron chi connectivity index (χ2n) is 3.53. The zero-order valence-corrected chi connectivity index (χ0v) is 8.56. The van der Waals surface area contributed by atoms with Gasteiger partial charge >= 0.3 is 0 Å². The molecule has 16 heavy (non-hydrogen) atoms. The first-order valence-corrected chi connectivity index (χ1v) is 4.86. The average molecular weight is 218 g/mol. The maximum absolute atomic E-state index is 13.6. The minimum Gasteiger partial charge on any atom is -0.396 e. The lowest BCUT2D eigenvalue weighted by atomic mass is 10.2. The Morgan fingerprint density at radius 3 is 2.56 bits per heavy atom. The molecule has 0 saturated carbocycles. The van der Waals surface area contributed by atoms with Crippen molar-refractivity contribution < 1.29 is 4.39 Å². The standard InChI is InChI=1S/C12H11FN2O/c13-12-9(2-1-3-11(12)14)8-15-6-4-10(16)5-7-15/h1-7H,8,14H2. The van der Waals surface area contributed by atoms with Crippen molar-refractivity contribution in [3.8, 4) is 0 Å². The molecule has 2 aromatic rings. The summed E-state index contributed by atoms with van der Waals surface area (Å²) in [5.41, 5.74) is 6.04. The lowest BCUT2D eigenvalue weighted by Gasteiger charge is -2.08. The molecule has 0 fully saturated rings. The molecule has 1 aromatic heterocycles. The zero-order valence-electron chi connectivity index (χ0n) is 8.56. The lowest BCUT2D eigenvalue weighted by Crippen LogP contribution is -2.06. The summed E-state index contributed by atoms with van der Waals surface area (Å²) >= 11 is 0. The number of nitrogen functional groups attached to an aromatic ring is 1. The zero-order chi connectivity index (χ0) is 11.5. The van der Waals surface area contributed by atoms with Gasteiger partial charge in [0.15, 0.2) is 11.2 Å². The number of halogens is 1. The van der Waals surface area contributed by atoms with Crippen LogP contribution in [0.5, 0.6) is 0 Å². The molecule has 1 aromatic carbocycles. The van der Waals surface area contributed by atoms with E-state index >= 15 is 0 Å². The van der Waals surface area contributed by atoms with Gasteiger partial charge in [0.25, 0.3) is 0 Å². The van der Waals surface area contributed by atoms with Crippen LogP contribution in [-0.2, 0) is 6.54 Å². The second-order valence-corrected chi connectivity index (χ2v) is 3.53. The summed E-state index contributed by atoms with van der Waals surface area (Å²) in [4.78, 5) is 10.9. The number of anilines is 1. The maximum Gasteiger partial charge on any atom is 0.181 e. The van der Waals surface area contributed by atoms with Gasteiger partial charge < -0.3 is 10.3 Å². The van der Waals surface area contributed by atoms with Crippen LogP contribution < -0.4 is 11.2 Å². The summed E-state index contributed by atoms with van der Waals surface area (Å²) in [6.45, 7) is 0.358. The normalized spacial score (nSPS) is 10.3. The molecule has 0 spiro atoms. The minimum atomic E-state index is -0.402. The quantitative estimate of drug-likeness (QED) is 0.778. The first kappa shape index (κ1) is 10.4. The number of hydrogen-bond acceptors (Lipinski definition) is 2. The number of nitrogens with two attached hydrogens (primary N) is 1. The van der Waals surface area contributed by atoms with Crippen molar-refractivity contribution in [3.63, 3.8) is 0 Å². The van der Waals surface area contributed by atoms with Crippen molar-refractivity contribution in [1.29, 1.82) is 0 Å². The van der Waals surface area contributed by atoms with E-state index in [1.54, 1.807) is 29.1 Å². The van der Waals surface area contributed by atoms with Gasteiger partial charge in [-0.25, -0.2) is 4.39 Å². The van der Waals surface area contributed by atoms with E-state index < -0.39 is 5.82 Å². The summed E-state index contributed by atoms with van der Waals surface area (Å²) in [5, 5.41) is 0. The molecule has 2 N–H and O–H groups in total. The van der Waals surface area contributed by atoms with E-state index in [1.165, 1.54) is 18.2 Å². The van der Waals surface area contributed by atoms with Gasteiger partial charge in [-0.3, -0.25) is 4.79 Å². The molecule has 0 bridgehead atoms. The highest BCUT2D eigenvalue weighted by Crippen LogP contribution is 2.15. The van der Waals surface area contributed by atoms with Gasteiger partial charge in [0.2, 0.25) is 0 Å². The summed E-state index contributed by atoms with van der Waals surface area (Å²) in [6.07, 6.45) is 3.23. The van der Waals surface area contributed by atoms with Crippen LogP contribution in [0.3, 0.4) is 0 Å². The molecule has 0 radical (unpaired) electrons. The van der Waals surface area contributed by atoms with Crippen molar-refractivity contribution in [2.45, 2.75) is 6.54 Å². The van der Waals surface area contributed by atoms with E-state index in [1.807, 2.05) is 0 Å². The van der Waals surface area contributed by atoms with Gasteiger partial charge in [-0.2, -0.15) is 0 Å². The molecule has 4 heteroatoms. The molecule has 0 aliphatic rings. The second kappa shape index (κ2) is 4.18. The van der Waals surface area contributed by atoms with Gasteiger partial charge in [-0.05, 0) is 6.07 Å². The van der Waals surface area contributed by atoms with Crippen LogP contribution in [0.4, 0.5) is 10.1 Å². The van der Waals surface area contributed by atoms with E-state index in [2.05, 4.69) is 0 Å². The van der Waals surface area contributed by atoms with Crippen molar-refractivity contribution >= 4 is 5.69 Å². The smallest absolute Gasteiger partial charge is 0.181 e. The molecule has 2 rings (SSSR count). The molecule has 0 saturated heterocycles. The SMILES string of the molecule is Nc1cccc(Cn2ccc(=O)cc2)c1F. The third kappa shape index (κ3) is 2.11. The van der Waals surface area contributed by atoms with E-state index in [-0.39, 0.29) is 11.1 Å². The number of nitrogens with zero attached hydrogens (tertiary/aromatic N) is 1. The highest BCUT2D eigenvalue weighted by Gasteiger charge is 2.04. The average Bonchev–Trinajstić information content (AvgIpc) is 2.28. The Bertz CT molecular complexity index is 543. The molecule has 0 unspecified atom stereocenters. The van der Waals surface area contributed by atoms with Crippen LogP contribution in [-0.4, -0.2) is 4.57 Å². The minimum absolute atomic E-state index is 0.0655. The van der Waals surface area contributed by atoms with Crippen LogP contribution in [0.25, 0.3) is 0 Å². The molecule has 3 nitrogen and oxygen atoms in total. The van der Waals surface area contributed by atoms with Gasteiger partial charge in [0.05, 0.1) is 5.69 Å². The monoisotopic (exact) mass is 218 g/mol. The molecular formula is C12H11FN2O. The van der Waals surface area contributed by atoms with Crippen molar-refractivity contribution in [2.75, 3.05) is 5.73 Å². The topological polar surface area (TPSA) is 48.0 Å². The summed E-state index contributed by atoms with van der Waals surface area (Å²) in [5.74, 6) is -0.402. The number of benzene rings is 1. The molecule has 0 aliphatic carbocycles. The Labute approximate surface area is 92.0 Å². The number of rotatable bonds is 2. The van der Waals surface area contributed by atoms with Crippen molar-refractivity contribution in [2.24, 2.45) is 0 Å². The Morgan fingerprint density at radius 1 is 1.19 bits per heavy atom. The molecule has 0 aliphatic heterocycles. The van der Waals surface area contributed by atoms with Crippen LogP contribution in [0.1, 0.15) is 5.56 Å². The van der Waals surface area contributed by atoms with Crippen LogP contribution in [0, 0.1) is 5.82 Å². The third-order valence-electron chi connectivity index (χ3n) is 2.32. The molecule has 82 valence electrons. The van der Waals surface area contributed by atoms with E-state index in [0.717, 1.165) is 0 Å². The van der Waals surface area contributed by atoms with Crippen LogP contribution in [0.2, 0.25) is 0 Å². The Balaban J connectivity index is 2.30. The Morgan fingerprint density at radius 2 is 1.88 bits per heavy atom. The van der Waals surface area contributed by atoms with Crippen LogP contribution in [0.15, 0.2) is 47.5 Å². The largest absolute Gasteiger partial charge is 0.396 e. The maximum atomic E-state index is 13.6. The van der Waals surface area contributed by atoms with Gasteiger partial charge in [-0.15, -0.1) is 0 Å². The number of pyridine rings is 1. The first-order chi connectivity index (χ1) is 7.66. The van der Waals surface area contributed by atoms with Crippen molar-refractivity contribution in [3.05, 3.63) is 64.3 Å². The van der Waals surface area contributed by atoms with E-state index in [4.69, 9.17) is 5.73 Å². The fraction of sp³-hybridized carbons (Fsp3) is 0.0833. The predicted molar refractivity (Wildman–Crippen MR) is 60.6 cm³/mol. The van der Waals surface area contributed by atoms with Crippen LogP contribution >= 0.6 is 0 Å². The molecule has 0 amide bonds. The number of hydrogen-bond donors (Lipinski definition) is 1. The van der Waals surface area contributed by atoms with Gasteiger partial charge in [-0.1, -0.05) is 12.1 Å². The summed E-state index contributed by atoms with van der Waals surface area (Å²) in [6, 6.07) is 7.76. The molecule has 1 heterocycles. The molecular weight excluding hydrogens is 207 g/mol. The highest BCUT2D eigenvalue weighted by molar-refractivity contribution is 5.42. The highest BCUT2D eigenvalue weighted by atomic mass is 19.1.